The lowest BCUT2D eigenvalue weighted by atomic mass is 10.1. The van der Waals surface area contributed by atoms with Crippen molar-refractivity contribution >= 4 is 5.69 Å². The third-order valence-corrected chi connectivity index (χ3v) is 5.59. The molecular weight excluding hydrogens is 423 g/mol. The van der Waals surface area contributed by atoms with Crippen LogP contribution >= 0.6 is 0 Å². The number of rotatable bonds is 5. The van der Waals surface area contributed by atoms with E-state index in [1.54, 1.807) is 30.1 Å². The number of hydrogen-bond donors (Lipinski definition) is 0. The predicted molar refractivity (Wildman–Crippen MR) is 114 cm³/mol. The van der Waals surface area contributed by atoms with Gasteiger partial charge in [-0.15, -0.1) is 0 Å². The number of imidazole rings is 1. The zero-order valence-electron chi connectivity index (χ0n) is 18.3. The van der Waals surface area contributed by atoms with Crippen LogP contribution in [0.2, 0.25) is 0 Å². The molecule has 172 valence electrons. The molecule has 1 aromatic carbocycles. The van der Waals surface area contributed by atoms with E-state index in [-0.39, 0.29) is 11.8 Å². The summed E-state index contributed by atoms with van der Waals surface area (Å²) in [5, 5.41) is 4.21. The molecule has 0 radical (unpaired) electrons. The van der Waals surface area contributed by atoms with E-state index in [1.807, 2.05) is 24.9 Å². The van der Waals surface area contributed by atoms with E-state index in [0.717, 1.165) is 17.7 Å². The molecule has 0 unspecified atom stereocenters. The number of nitrogens with zero attached hydrogens (tertiary/aromatic N) is 5. The van der Waals surface area contributed by atoms with Crippen LogP contribution in [0.1, 0.15) is 30.7 Å². The van der Waals surface area contributed by atoms with Gasteiger partial charge in [-0.3, -0.25) is 13.8 Å². The number of morpholine rings is 1. The molecule has 0 saturated carbocycles. The van der Waals surface area contributed by atoms with Gasteiger partial charge in [0.15, 0.2) is 0 Å². The summed E-state index contributed by atoms with van der Waals surface area (Å²) in [7, 11) is 0. The van der Waals surface area contributed by atoms with E-state index in [9.17, 15) is 18.0 Å². The maximum atomic E-state index is 13.7. The first-order valence-corrected chi connectivity index (χ1v) is 10.5. The quantitative estimate of drug-likeness (QED) is 0.599. The lowest BCUT2D eigenvalue weighted by Crippen LogP contribution is -2.41. The van der Waals surface area contributed by atoms with Gasteiger partial charge in [0.1, 0.15) is 0 Å². The first-order valence-electron chi connectivity index (χ1n) is 10.5. The molecule has 3 aromatic rings. The molecule has 1 atom stereocenters. The Labute approximate surface area is 183 Å². The van der Waals surface area contributed by atoms with Gasteiger partial charge < -0.3 is 9.64 Å². The van der Waals surface area contributed by atoms with Crippen molar-refractivity contribution in [3.8, 4) is 5.69 Å². The summed E-state index contributed by atoms with van der Waals surface area (Å²) in [4.78, 5) is 15.0. The zero-order chi connectivity index (χ0) is 23.0. The smallest absolute Gasteiger partial charge is 0.375 e. The number of anilines is 1. The Morgan fingerprint density at radius 2 is 1.94 bits per heavy atom. The highest BCUT2D eigenvalue weighted by Crippen LogP contribution is 2.34. The second-order valence-electron chi connectivity index (χ2n) is 8.08. The maximum Gasteiger partial charge on any atom is 0.416 e. The second-order valence-corrected chi connectivity index (χ2v) is 8.08. The minimum Gasteiger partial charge on any atom is -0.375 e. The topological polar surface area (TPSA) is 57.2 Å². The fraction of sp³-hybridized carbons (Fsp3) is 0.455. The van der Waals surface area contributed by atoms with E-state index < -0.39 is 17.4 Å². The zero-order valence-corrected chi connectivity index (χ0v) is 18.3. The Balaban J connectivity index is 1.76. The SMILES string of the molecule is CCn1cc(Cn2cc(C)n(-c3cc(N4CCO[C@H](C)C4)cc(C(F)(F)F)c3)c2=O)cn1. The van der Waals surface area contributed by atoms with E-state index in [4.69, 9.17) is 4.74 Å². The minimum absolute atomic E-state index is 0.0867. The number of aromatic nitrogens is 4. The van der Waals surface area contributed by atoms with Crippen molar-refractivity contribution in [3.05, 3.63) is 64.1 Å². The summed E-state index contributed by atoms with van der Waals surface area (Å²) >= 11 is 0. The van der Waals surface area contributed by atoms with Crippen molar-refractivity contribution in [1.82, 2.24) is 18.9 Å². The van der Waals surface area contributed by atoms with Crippen LogP contribution in [0, 0.1) is 6.92 Å². The molecule has 0 spiro atoms. The van der Waals surface area contributed by atoms with E-state index in [2.05, 4.69) is 5.10 Å². The number of hydrogen-bond acceptors (Lipinski definition) is 4. The van der Waals surface area contributed by atoms with Gasteiger partial charge >= 0.3 is 11.9 Å². The largest absolute Gasteiger partial charge is 0.416 e. The summed E-state index contributed by atoms with van der Waals surface area (Å²) in [6, 6.07) is 3.81. The average molecular weight is 449 g/mol. The molecule has 1 fully saturated rings. The van der Waals surface area contributed by atoms with Gasteiger partial charge in [-0.2, -0.15) is 18.3 Å². The number of aryl methyl sites for hydroxylation is 2. The molecule has 1 aliphatic rings. The Hall–Kier alpha value is -3.01. The summed E-state index contributed by atoms with van der Waals surface area (Å²) in [6.07, 6.45) is 0.572. The van der Waals surface area contributed by atoms with E-state index in [0.29, 0.717) is 44.2 Å². The number of halogens is 3. The van der Waals surface area contributed by atoms with Crippen LogP contribution < -0.4 is 10.6 Å². The van der Waals surface area contributed by atoms with E-state index >= 15 is 0 Å². The van der Waals surface area contributed by atoms with Gasteiger partial charge in [0.25, 0.3) is 0 Å². The van der Waals surface area contributed by atoms with Crippen molar-refractivity contribution in [2.45, 2.75) is 46.1 Å². The number of ether oxygens (including phenoxy) is 1. The van der Waals surface area contributed by atoms with Gasteiger partial charge in [0, 0.05) is 49.0 Å². The average Bonchev–Trinajstić information content (AvgIpc) is 3.31. The van der Waals surface area contributed by atoms with Crippen molar-refractivity contribution in [2.24, 2.45) is 0 Å². The van der Waals surface area contributed by atoms with Crippen molar-refractivity contribution in [1.29, 1.82) is 0 Å². The van der Waals surface area contributed by atoms with Crippen LogP contribution in [-0.4, -0.2) is 44.7 Å². The molecule has 0 bridgehead atoms. The highest BCUT2D eigenvalue weighted by molar-refractivity contribution is 5.57. The van der Waals surface area contributed by atoms with Gasteiger partial charge in [-0.1, -0.05) is 0 Å². The normalized spacial score (nSPS) is 17.2. The minimum atomic E-state index is -4.53. The highest BCUT2D eigenvalue weighted by Gasteiger charge is 2.32. The molecule has 3 heterocycles. The first-order chi connectivity index (χ1) is 15.2. The fourth-order valence-corrected chi connectivity index (χ4v) is 4.03. The van der Waals surface area contributed by atoms with Gasteiger partial charge in [0.2, 0.25) is 0 Å². The molecular formula is C22H26F3N5O2. The van der Waals surface area contributed by atoms with Crippen LogP contribution in [0.15, 0.2) is 41.6 Å². The summed E-state index contributed by atoms with van der Waals surface area (Å²) in [5.41, 5.74) is 0.837. The molecule has 0 aliphatic carbocycles. The third kappa shape index (κ3) is 4.45. The van der Waals surface area contributed by atoms with Gasteiger partial charge in [-0.25, -0.2) is 4.79 Å². The maximum absolute atomic E-state index is 13.7. The second kappa shape index (κ2) is 8.50. The standard InChI is InChI=1S/C22H26F3N5O2/c1-4-29-14-17(10-26-29)13-28-11-15(2)30(21(28)31)20-8-18(22(23,24)25)7-19(9-20)27-5-6-32-16(3)12-27/h7-11,14,16H,4-6,12-13H2,1-3H3/t16-/m1/s1. The van der Waals surface area contributed by atoms with Crippen molar-refractivity contribution in [2.75, 3.05) is 24.6 Å². The molecule has 0 amide bonds. The van der Waals surface area contributed by atoms with Crippen molar-refractivity contribution in [3.63, 3.8) is 0 Å². The predicted octanol–water partition coefficient (Wildman–Crippen LogP) is 3.46. The molecule has 4 rings (SSSR count). The monoisotopic (exact) mass is 449 g/mol. The Bertz CT molecular complexity index is 1160. The number of benzene rings is 1. The lowest BCUT2D eigenvalue weighted by molar-refractivity contribution is -0.137. The molecule has 0 N–H and O–H groups in total. The summed E-state index contributed by atoms with van der Waals surface area (Å²) < 4.78 is 51.2. The van der Waals surface area contributed by atoms with Crippen LogP contribution in [0.5, 0.6) is 0 Å². The van der Waals surface area contributed by atoms with Crippen molar-refractivity contribution < 1.29 is 17.9 Å². The lowest BCUT2D eigenvalue weighted by Gasteiger charge is -2.33. The highest BCUT2D eigenvalue weighted by atomic mass is 19.4. The van der Waals surface area contributed by atoms with Crippen LogP contribution in [-0.2, 0) is 24.0 Å². The Morgan fingerprint density at radius 1 is 1.19 bits per heavy atom. The summed E-state index contributed by atoms with van der Waals surface area (Å²) in [5.74, 6) is 0. The Morgan fingerprint density at radius 3 is 2.59 bits per heavy atom. The molecule has 1 saturated heterocycles. The molecule has 32 heavy (non-hydrogen) atoms. The summed E-state index contributed by atoms with van der Waals surface area (Å²) in [6.45, 7) is 7.97. The Kier molecular flexibility index (Phi) is 5.89. The van der Waals surface area contributed by atoms with Gasteiger partial charge in [-0.05, 0) is 39.0 Å². The fourth-order valence-electron chi connectivity index (χ4n) is 4.03. The third-order valence-electron chi connectivity index (χ3n) is 5.59. The van der Waals surface area contributed by atoms with Gasteiger partial charge in [0.05, 0.1) is 36.7 Å². The number of alkyl halides is 3. The molecule has 7 nitrogen and oxygen atoms in total. The first kappa shape index (κ1) is 22.2. The van der Waals surface area contributed by atoms with E-state index in [1.165, 1.54) is 9.13 Å². The van der Waals surface area contributed by atoms with Crippen LogP contribution in [0.3, 0.4) is 0 Å². The van der Waals surface area contributed by atoms with Crippen LogP contribution in [0.25, 0.3) is 5.69 Å². The molecule has 2 aromatic heterocycles. The molecule has 1 aliphatic heterocycles. The van der Waals surface area contributed by atoms with Crippen LogP contribution in [0.4, 0.5) is 18.9 Å². The molecule has 10 heteroatoms.